The van der Waals surface area contributed by atoms with E-state index in [2.05, 4.69) is 9.97 Å². The van der Waals surface area contributed by atoms with Crippen LogP contribution in [0.1, 0.15) is 29.6 Å². The van der Waals surface area contributed by atoms with E-state index in [0.717, 1.165) is 31.4 Å². The fourth-order valence-corrected chi connectivity index (χ4v) is 3.10. The highest BCUT2D eigenvalue weighted by molar-refractivity contribution is 5.95. The van der Waals surface area contributed by atoms with Gasteiger partial charge in [0.15, 0.2) is 0 Å². The normalized spacial score (nSPS) is 17.7. The van der Waals surface area contributed by atoms with Gasteiger partial charge < -0.3 is 22.1 Å². The predicted octanol–water partition coefficient (Wildman–Crippen LogP) is 1.26. The van der Waals surface area contributed by atoms with Gasteiger partial charge in [-0.05, 0) is 31.4 Å². The zero-order chi connectivity index (χ0) is 17.1. The van der Waals surface area contributed by atoms with E-state index in [4.69, 9.17) is 17.2 Å². The summed E-state index contributed by atoms with van der Waals surface area (Å²) >= 11 is 0. The van der Waals surface area contributed by atoms with Crippen molar-refractivity contribution in [2.75, 3.05) is 24.6 Å². The lowest BCUT2D eigenvalue weighted by molar-refractivity contribution is 0.0623. The van der Waals surface area contributed by atoms with Crippen molar-refractivity contribution in [1.82, 2.24) is 14.9 Å². The first-order valence-electron chi connectivity index (χ1n) is 8.10. The number of nitrogens with two attached hydrogens (primary N) is 3. The minimum Gasteiger partial charge on any atom is -0.384 e. The van der Waals surface area contributed by atoms with Crippen LogP contribution < -0.4 is 17.2 Å². The molecular weight excluding hydrogens is 304 g/mol. The number of aromatic nitrogens is 2. The average Bonchev–Trinajstić information content (AvgIpc) is 2.60. The molecule has 6 N–H and O–H groups in total. The summed E-state index contributed by atoms with van der Waals surface area (Å²) < 4.78 is 0. The van der Waals surface area contributed by atoms with Crippen molar-refractivity contribution in [3.63, 3.8) is 0 Å². The molecule has 0 radical (unpaired) electrons. The molecule has 126 valence electrons. The Morgan fingerprint density at radius 1 is 1.17 bits per heavy atom. The van der Waals surface area contributed by atoms with Gasteiger partial charge in [-0.3, -0.25) is 4.79 Å². The second-order valence-electron chi connectivity index (χ2n) is 6.00. The van der Waals surface area contributed by atoms with Crippen LogP contribution in [-0.4, -0.2) is 39.9 Å². The van der Waals surface area contributed by atoms with Crippen molar-refractivity contribution in [2.24, 2.45) is 5.73 Å². The first kappa shape index (κ1) is 16.2. The lowest BCUT2D eigenvalue weighted by Gasteiger charge is -2.35. The zero-order valence-corrected chi connectivity index (χ0v) is 13.5. The molecule has 0 saturated carbocycles. The Hall–Kier alpha value is -2.67. The summed E-state index contributed by atoms with van der Waals surface area (Å²) in [6, 6.07) is 9.07. The van der Waals surface area contributed by atoms with Crippen LogP contribution in [-0.2, 0) is 0 Å². The summed E-state index contributed by atoms with van der Waals surface area (Å²) in [5.74, 6) is 0.472. The third-order valence-electron chi connectivity index (χ3n) is 4.35. The minimum absolute atomic E-state index is 0.0263. The third kappa shape index (κ3) is 3.30. The Balaban J connectivity index is 1.82. The summed E-state index contributed by atoms with van der Waals surface area (Å²) in [4.78, 5) is 22.6. The lowest BCUT2D eigenvalue weighted by atomic mass is 10.0. The molecule has 1 aromatic heterocycles. The van der Waals surface area contributed by atoms with Gasteiger partial charge in [-0.25, -0.2) is 4.98 Å². The van der Waals surface area contributed by atoms with Crippen molar-refractivity contribution in [2.45, 2.75) is 25.3 Å². The maximum Gasteiger partial charge on any atom is 0.254 e. The summed E-state index contributed by atoms with van der Waals surface area (Å²) in [7, 11) is 0. The van der Waals surface area contributed by atoms with Gasteiger partial charge >= 0.3 is 0 Å². The topological polar surface area (TPSA) is 124 Å². The highest BCUT2D eigenvalue weighted by Crippen LogP contribution is 2.23. The maximum atomic E-state index is 12.7. The molecular formula is C17H22N6O. The van der Waals surface area contributed by atoms with Crippen LogP contribution >= 0.6 is 0 Å². The maximum absolute atomic E-state index is 12.7. The van der Waals surface area contributed by atoms with Gasteiger partial charge in [0, 0.05) is 36.3 Å². The summed E-state index contributed by atoms with van der Waals surface area (Å²) in [6.07, 6.45) is 3.13. The minimum atomic E-state index is 0.0263. The Kier molecular flexibility index (Phi) is 4.61. The van der Waals surface area contributed by atoms with Crippen LogP contribution in [0, 0.1) is 0 Å². The zero-order valence-electron chi connectivity index (χ0n) is 13.5. The van der Waals surface area contributed by atoms with E-state index in [1.165, 1.54) is 0 Å². The number of carbonyl (C=O) groups is 1. The van der Waals surface area contributed by atoms with Crippen LogP contribution in [0.4, 0.5) is 11.8 Å². The molecule has 3 rings (SSSR count). The SMILES string of the molecule is NC[C@H]1CCCCN1C(=O)c1ccc(-c2cc(N)nc(N)n2)cc1. The number of hydrogen-bond donors (Lipinski definition) is 3. The van der Waals surface area contributed by atoms with Crippen LogP contribution in [0.15, 0.2) is 30.3 Å². The number of anilines is 2. The molecule has 0 spiro atoms. The van der Waals surface area contributed by atoms with Crippen LogP contribution in [0.3, 0.4) is 0 Å². The number of likely N-dealkylation sites (tertiary alicyclic amines) is 1. The summed E-state index contributed by atoms with van der Waals surface area (Å²) in [5, 5.41) is 0. The van der Waals surface area contributed by atoms with E-state index in [1.807, 2.05) is 17.0 Å². The number of benzene rings is 1. The molecule has 24 heavy (non-hydrogen) atoms. The van der Waals surface area contributed by atoms with Gasteiger partial charge in [0.2, 0.25) is 5.95 Å². The first-order chi connectivity index (χ1) is 11.6. The molecule has 7 nitrogen and oxygen atoms in total. The molecule has 0 aliphatic carbocycles. The van der Waals surface area contributed by atoms with Crippen molar-refractivity contribution in [3.05, 3.63) is 35.9 Å². The molecule has 0 unspecified atom stereocenters. The molecule has 1 saturated heterocycles. The van der Waals surface area contributed by atoms with Gasteiger partial charge in [0.1, 0.15) is 5.82 Å². The third-order valence-corrected chi connectivity index (χ3v) is 4.35. The molecule has 1 amide bonds. The largest absolute Gasteiger partial charge is 0.384 e. The van der Waals surface area contributed by atoms with E-state index < -0.39 is 0 Å². The molecule has 7 heteroatoms. The molecule has 1 fully saturated rings. The Bertz CT molecular complexity index is 710. The number of hydrogen-bond acceptors (Lipinski definition) is 6. The number of piperidine rings is 1. The van der Waals surface area contributed by atoms with Crippen molar-refractivity contribution >= 4 is 17.7 Å². The van der Waals surface area contributed by atoms with Crippen molar-refractivity contribution < 1.29 is 4.79 Å². The highest BCUT2D eigenvalue weighted by atomic mass is 16.2. The van der Waals surface area contributed by atoms with Gasteiger partial charge in [0.25, 0.3) is 5.91 Å². The molecule has 1 aromatic carbocycles. The average molecular weight is 326 g/mol. The summed E-state index contributed by atoms with van der Waals surface area (Å²) in [6.45, 7) is 1.27. The van der Waals surface area contributed by atoms with E-state index in [9.17, 15) is 4.79 Å². The van der Waals surface area contributed by atoms with E-state index >= 15 is 0 Å². The van der Waals surface area contributed by atoms with Gasteiger partial charge in [0.05, 0.1) is 5.69 Å². The van der Waals surface area contributed by atoms with E-state index in [-0.39, 0.29) is 17.9 Å². The van der Waals surface area contributed by atoms with Crippen molar-refractivity contribution in [1.29, 1.82) is 0 Å². The smallest absolute Gasteiger partial charge is 0.254 e. The molecule has 2 heterocycles. The highest BCUT2D eigenvalue weighted by Gasteiger charge is 2.26. The quantitative estimate of drug-likeness (QED) is 0.780. The van der Waals surface area contributed by atoms with Crippen LogP contribution in [0.5, 0.6) is 0 Å². The molecule has 1 aliphatic heterocycles. The number of nitrogens with zero attached hydrogens (tertiary/aromatic N) is 3. The molecule has 1 aliphatic rings. The summed E-state index contributed by atoms with van der Waals surface area (Å²) in [5.41, 5.74) is 19.3. The van der Waals surface area contributed by atoms with Gasteiger partial charge in [-0.15, -0.1) is 0 Å². The fraction of sp³-hybridized carbons (Fsp3) is 0.353. The van der Waals surface area contributed by atoms with Crippen LogP contribution in [0.25, 0.3) is 11.3 Å². The molecule has 1 atom stereocenters. The Labute approximate surface area is 140 Å². The number of rotatable bonds is 3. The Morgan fingerprint density at radius 3 is 2.58 bits per heavy atom. The number of carbonyl (C=O) groups excluding carboxylic acids is 1. The lowest BCUT2D eigenvalue weighted by Crippen LogP contribution is -2.47. The monoisotopic (exact) mass is 326 g/mol. The second kappa shape index (κ2) is 6.84. The standard InChI is InChI=1S/C17H22N6O/c18-10-13-3-1-2-8-23(13)16(24)12-6-4-11(5-7-12)14-9-15(19)22-17(20)21-14/h4-7,9,13H,1-3,8,10,18H2,(H4,19,20,21,22)/t13-/m1/s1. The predicted molar refractivity (Wildman–Crippen MR) is 94.0 cm³/mol. The molecule has 0 bridgehead atoms. The first-order valence-corrected chi connectivity index (χ1v) is 8.10. The van der Waals surface area contributed by atoms with Crippen molar-refractivity contribution in [3.8, 4) is 11.3 Å². The van der Waals surface area contributed by atoms with Crippen LogP contribution in [0.2, 0.25) is 0 Å². The van der Waals surface area contributed by atoms with Gasteiger partial charge in [-0.1, -0.05) is 12.1 Å². The second-order valence-corrected chi connectivity index (χ2v) is 6.00. The van der Waals surface area contributed by atoms with E-state index in [0.29, 0.717) is 23.6 Å². The Morgan fingerprint density at radius 2 is 1.92 bits per heavy atom. The molecule has 2 aromatic rings. The number of nitrogen functional groups attached to an aromatic ring is 2. The fourth-order valence-electron chi connectivity index (χ4n) is 3.10. The van der Waals surface area contributed by atoms with Gasteiger partial charge in [-0.2, -0.15) is 4.98 Å². The van der Waals surface area contributed by atoms with E-state index in [1.54, 1.807) is 18.2 Å². The number of amides is 1.